The molecule has 0 saturated carbocycles. The summed E-state index contributed by atoms with van der Waals surface area (Å²) in [7, 11) is 0. The van der Waals surface area contributed by atoms with Crippen molar-refractivity contribution in [2.24, 2.45) is 5.92 Å². The highest BCUT2D eigenvalue weighted by molar-refractivity contribution is 7.98. The summed E-state index contributed by atoms with van der Waals surface area (Å²) in [6.45, 7) is 6.95. The lowest BCUT2D eigenvalue weighted by molar-refractivity contribution is -0.134. The number of nitrogens with one attached hydrogen (secondary N) is 1. The molecule has 2 rings (SSSR count). The normalized spacial score (nSPS) is 18.2. The third-order valence-electron chi connectivity index (χ3n) is 4.06. The minimum absolute atomic E-state index is 0.241. The van der Waals surface area contributed by atoms with E-state index in [9.17, 15) is 4.79 Å². The van der Waals surface area contributed by atoms with Gasteiger partial charge in [-0.2, -0.15) is 0 Å². The molecule has 1 N–H and O–H groups in total. The second-order valence-corrected chi connectivity index (χ2v) is 6.91. The van der Waals surface area contributed by atoms with Gasteiger partial charge in [-0.05, 0) is 63.2 Å². The van der Waals surface area contributed by atoms with Crippen molar-refractivity contribution in [2.75, 3.05) is 19.3 Å². The van der Waals surface area contributed by atoms with Gasteiger partial charge in [-0.3, -0.25) is 4.79 Å². The summed E-state index contributed by atoms with van der Waals surface area (Å²) in [5.74, 6) is 0.796. The number of carbonyl (C=O) groups excluding carboxylic acids is 1. The van der Waals surface area contributed by atoms with Crippen molar-refractivity contribution in [2.45, 2.75) is 44.2 Å². The van der Waals surface area contributed by atoms with E-state index in [0.29, 0.717) is 18.9 Å². The smallest absolute Gasteiger partial charge is 0.223 e. The highest BCUT2D eigenvalue weighted by Gasteiger charge is 2.23. The Kier molecular flexibility index (Phi) is 6.12. The number of benzene rings is 1. The van der Waals surface area contributed by atoms with Crippen LogP contribution in [0.15, 0.2) is 29.2 Å². The number of hydrogen-bond acceptors (Lipinski definition) is 3. The van der Waals surface area contributed by atoms with Gasteiger partial charge >= 0.3 is 0 Å². The number of rotatable bonds is 6. The number of amides is 1. The second-order valence-electron chi connectivity index (χ2n) is 6.03. The van der Waals surface area contributed by atoms with E-state index in [-0.39, 0.29) is 11.9 Å². The Labute approximate surface area is 132 Å². The molecule has 21 heavy (non-hydrogen) atoms. The third-order valence-corrected chi connectivity index (χ3v) is 4.78. The quantitative estimate of drug-likeness (QED) is 0.820. The topological polar surface area (TPSA) is 32.3 Å². The maximum absolute atomic E-state index is 12.6. The third kappa shape index (κ3) is 4.75. The predicted molar refractivity (Wildman–Crippen MR) is 89.5 cm³/mol. The van der Waals surface area contributed by atoms with Crippen LogP contribution in [0, 0.1) is 5.92 Å². The van der Waals surface area contributed by atoms with E-state index < -0.39 is 0 Å². The lowest BCUT2D eigenvalue weighted by atomic mass is 10.0. The number of nitrogens with zero attached hydrogens (tertiary/aromatic N) is 1. The van der Waals surface area contributed by atoms with Crippen molar-refractivity contribution in [3.63, 3.8) is 0 Å². The van der Waals surface area contributed by atoms with Crippen LogP contribution in [0.3, 0.4) is 0 Å². The van der Waals surface area contributed by atoms with Gasteiger partial charge in [-0.25, -0.2) is 0 Å². The Bertz CT molecular complexity index is 470. The molecular weight excluding hydrogens is 280 g/mol. The van der Waals surface area contributed by atoms with Crippen LogP contribution < -0.4 is 5.32 Å². The first kappa shape index (κ1) is 16.4. The van der Waals surface area contributed by atoms with E-state index in [4.69, 9.17) is 0 Å². The van der Waals surface area contributed by atoms with Gasteiger partial charge in [0.1, 0.15) is 0 Å². The van der Waals surface area contributed by atoms with Gasteiger partial charge in [0.15, 0.2) is 0 Å². The molecule has 1 aliphatic heterocycles. The summed E-state index contributed by atoms with van der Waals surface area (Å²) < 4.78 is 0. The zero-order valence-electron chi connectivity index (χ0n) is 13.3. The Balaban J connectivity index is 2.01. The molecule has 0 radical (unpaired) electrons. The van der Waals surface area contributed by atoms with E-state index in [1.807, 2.05) is 4.90 Å². The maximum atomic E-state index is 12.6. The zero-order valence-corrected chi connectivity index (χ0v) is 14.1. The molecule has 0 unspecified atom stereocenters. The van der Waals surface area contributed by atoms with Crippen LogP contribution in [0.25, 0.3) is 0 Å². The van der Waals surface area contributed by atoms with Crippen LogP contribution in [0.1, 0.15) is 32.3 Å². The molecular formula is C17H26N2OS. The van der Waals surface area contributed by atoms with Crippen molar-refractivity contribution >= 4 is 17.7 Å². The largest absolute Gasteiger partial charge is 0.336 e. The first-order valence-corrected chi connectivity index (χ1v) is 8.95. The summed E-state index contributed by atoms with van der Waals surface area (Å²) in [6.07, 6.45) is 3.88. The monoisotopic (exact) mass is 306 g/mol. The van der Waals surface area contributed by atoms with Crippen molar-refractivity contribution in [3.05, 3.63) is 29.8 Å². The van der Waals surface area contributed by atoms with Crippen LogP contribution >= 0.6 is 11.8 Å². The fourth-order valence-corrected chi connectivity index (χ4v) is 3.26. The molecule has 116 valence electrons. The molecule has 1 atom stereocenters. The van der Waals surface area contributed by atoms with Crippen LogP contribution in [-0.4, -0.2) is 36.2 Å². The second kappa shape index (κ2) is 7.85. The Morgan fingerprint density at radius 2 is 2.29 bits per heavy atom. The van der Waals surface area contributed by atoms with Crippen molar-refractivity contribution in [3.8, 4) is 0 Å². The zero-order chi connectivity index (χ0) is 15.2. The lowest BCUT2D eigenvalue weighted by Gasteiger charge is -2.28. The summed E-state index contributed by atoms with van der Waals surface area (Å²) in [5, 5.41) is 3.34. The fourth-order valence-electron chi connectivity index (χ4n) is 2.78. The minimum Gasteiger partial charge on any atom is -0.336 e. The van der Waals surface area contributed by atoms with E-state index in [0.717, 1.165) is 19.5 Å². The molecule has 1 heterocycles. The Hall–Kier alpha value is -1.00. The van der Waals surface area contributed by atoms with Gasteiger partial charge in [0.25, 0.3) is 0 Å². The molecule has 1 amide bonds. The average molecular weight is 306 g/mol. The number of hydrogen-bond donors (Lipinski definition) is 1. The van der Waals surface area contributed by atoms with Gasteiger partial charge in [0.05, 0.1) is 0 Å². The van der Waals surface area contributed by atoms with E-state index in [1.165, 1.54) is 10.5 Å². The standard InChI is InChI=1S/C17H26N2OS/c1-13(2)19(17(20)10-14-7-8-18-11-14)12-15-5-4-6-16(9-15)21-3/h4-6,9,13-14,18H,7-8,10-12H2,1-3H3/t14-/m0/s1. The molecule has 0 aromatic heterocycles. The Morgan fingerprint density at radius 3 is 2.90 bits per heavy atom. The van der Waals surface area contributed by atoms with E-state index in [1.54, 1.807) is 11.8 Å². The predicted octanol–water partition coefficient (Wildman–Crippen LogP) is 3.15. The highest BCUT2D eigenvalue weighted by Crippen LogP contribution is 2.20. The molecule has 0 spiro atoms. The van der Waals surface area contributed by atoms with E-state index >= 15 is 0 Å². The summed E-state index contributed by atoms with van der Waals surface area (Å²) in [4.78, 5) is 15.9. The van der Waals surface area contributed by atoms with E-state index in [2.05, 4.69) is 49.7 Å². The first-order valence-electron chi connectivity index (χ1n) is 7.73. The summed E-state index contributed by atoms with van der Waals surface area (Å²) in [5.41, 5.74) is 1.22. The molecule has 1 saturated heterocycles. The molecule has 0 bridgehead atoms. The minimum atomic E-state index is 0.241. The average Bonchev–Trinajstić information content (AvgIpc) is 2.97. The van der Waals surface area contributed by atoms with Gasteiger partial charge in [0.2, 0.25) is 5.91 Å². The van der Waals surface area contributed by atoms with Crippen LogP contribution in [0.4, 0.5) is 0 Å². The summed E-state index contributed by atoms with van der Waals surface area (Å²) in [6, 6.07) is 8.72. The molecule has 1 fully saturated rings. The lowest BCUT2D eigenvalue weighted by Crippen LogP contribution is -2.37. The van der Waals surface area contributed by atoms with Gasteiger partial charge in [0, 0.05) is 23.9 Å². The van der Waals surface area contributed by atoms with Gasteiger partial charge in [-0.15, -0.1) is 11.8 Å². The van der Waals surface area contributed by atoms with Crippen LogP contribution in [0.2, 0.25) is 0 Å². The number of thioether (sulfide) groups is 1. The maximum Gasteiger partial charge on any atom is 0.223 e. The van der Waals surface area contributed by atoms with Crippen molar-refractivity contribution in [1.29, 1.82) is 0 Å². The summed E-state index contributed by atoms with van der Waals surface area (Å²) >= 11 is 1.74. The molecule has 4 heteroatoms. The van der Waals surface area contributed by atoms with Crippen LogP contribution in [-0.2, 0) is 11.3 Å². The number of carbonyl (C=O) groups is 1. The Morgan fingerprint density at radius 1 is 1.48 bits per heavy atom. The molecule has 1 aromatic carbocycles. The fraction of sp³-hybridized carbons (Fsp3) is 0.588. The first-order chi connectivity index (χ1) is 10.1. The van der Waals surface area contributed by atoms with Crippen LogP contribution in [0.5, 0.6) is 0 Å². The molecule has 1 aliphatic rings. The highest BCUT2D eigenvalue weighted by atomic mass is 32.2. The molecule has 3 nitrogen and oxygen atoms in total. The van der Waals surface area contributed by atoms with Gasteiger partial charge in [-0.1, -0.05) is 12.1 Å². The molecule has 1 aromatic rings. The van der Waals surface area contributed by atoms with Crippen molar-refractivity contribution in [1.82, 2.24) is 10.2 Å². The van der Waals surface area contributed by atoms with Gasteiger partial charge < -0.3 is 10.2 Å². The molecule has 0 aliphatic carbocycles. The SMILES string of the molecule is CSc1cccc(CN(C(=O)C[C@@H]2CCNC2)C(C)C)c1. The van der Waals surface area contributed by atoms with Crippen molar-refractivity contribution < 1.29 is 4.79 Å².